The number of nitrogens with two attached hydrogens (primary N) is 1. The molecular formula is C8H9BrClN. The van der Waals surface area contributed by atoms with E-state index in [4.69, 9.17) is 17.3 Å². The summed E-state index contributed by atoms with van der Waals surface area (Å²) in [6, 6.07) is 1.91. The summed E-state index contributed by atoms with van der Waals surface area (Å²) < 4.78 is 0.936. The Morgan fingerprint density at radius 1 is 1.45 bits per heavy atom. The molecule has 0 unspecified atom stereocenters. The molecule has 60 valence electrons. The number of benzene rings is 1. The Kier molecular flexibility index (Phi) is 2.45. The highest BCUT2D eigenvalue weighted by atomic mass is 79.9. The van der Waals surface area contributed by atoms with Crippen LogP contribution in [0.4, 0.5) is 5.69 Å². The summed E-state index contributed by atoms with van der Waals surface area (Å²) >= 11 is 9.34. The average molecular weight is 235 g/mol. The van der Waals surface area contributed by atoms with Crippen LogP contribution in [0.1, 0.15) is 11.1 Å². The van der Waals surface area contributed by atoms with Crippen LogP contribution in [-0.4, -0.2) is 0 Å². The zero-order valence-corrected chi connectivity index (χ0v) is 8.75. The van der Waals surface area contributed by atoms with Crippen molar-refractivity contribution in [3.8, 4) is 0 Å². The van der Waals surface area contributed by atoms with Crippen LogP contribution < -0.4 is 5.73 Å². The lowest BCUT2D eigenvalue weighted by Gasteiger charge is -2.07. The van der Waals surface area contributed by atoms with E-state index in [-0.39, 0.29) is 0 Å². The summed E-state index contributed by atoms with van der Waals surface area (Å²) in [5.74, 6) is 0. The molecule has 0 amide bonds. The highest BCUT2D eigenvalue weighted by Crippen LogP contribution is 2.32. The van der Waals surface area contributed by atoms with Gasteiger partial charge in [0.1, 0.15) is 0 Å². The molecule has 0 spiro atoms. The van der Waals surface area contributed by atoms with Crippen LogP contribution in [0.15, 0.2) is 10.5 Å². The van der Waals surface area contributed by atoms with E-state index in [1.807, 2.05) is 19.9 Å². The summed E-state index contributed by atoms with van der Waals surface area (Å²) in [7, 11) is 0. The predicted octanol–water partition coefficient (Wildman–Crippen LogP) is 3.30. The van der Waals surface area contributed by atoms with E-state index in [0.29, 0.717) is 5.02 Å². The first-order valence-corrected chi connectivity index (χ1v) is 4.41. The SMILES string of the molecule is Cc1cc(N)c(C)c(Cl)c1Br. The molecule has 0 aliphatic carbocycles. The van der Waals surface area contributed by atoms with E-state index in [2.05, 4.69) is 15.9 Å². The summed E-state index contributed by atoms with van der Waals surface area (Å²) in [5.41, 5.74) is 8.43. The molecule has 1 aromatic rings. The molecule has 0 aliphatic rings. The molecule has 0 aliphatic heterocycles. The highest BCUT2D eigenvalue weighted by Gasteiger charge is 2.06. The van der Waals surface area contributed by atoms with Gasteiger partial charge in [0.25, 0.3) is 0 Å². The minimum Gasteiger partial charge on any atom is -0.398 e. The monoisotopic (exact) mass is 233 g/mol. The summed E-state index contributed by atoms with van der Waals surface area (Å²) in [4.78, 5) is 0. The third-order valence-corrected chi connectivity index (χ3v) is 3.40. The van der Waals surface area contributed by atoms with Crippen molar-refractivity contribution in [1.29, 1.82) is 0 Å². The molecule has 0 atom stereocenters. The van der Waals surface area contributed by atoms with Crippen LogP contribution in [0.5, 0.6) is 0 Å². The molecule has 0 aromatic heterocycles. The molecule has 1 nitrogen and oxygen atoms in total. The van der Waals surface area contributed by atoms with E-state index in [9.17, 15) is 0 Å². The topological polar surface area (TPSA) is 26.0 Å². The first-order chi connectivity index (χ1) is 5.04. The Balaban J connectivity index is 3.46. The molecule has 3 heteroatoms. The van der Waals surface area contributed by atoms with Crippen molar-refractivity contribution < 1.29 is 0 Å². The van der Waals surface area contributed by atoms with E-state index < -0.39 is 0 Å². The first kappa shape index (κ1) is 8.88. The quantitative estimate of drug-likeness (QED) is 0.685. The molecule has 2 N–H and O–H groups in total. The van der Waals surface area contributed by atoms with Crippen LogP contribution in [0.2, 0.25) is 5.02 Å². The van der Waals surface area contributed by atoms with Gasteiger partial charge in [-0.2, -0.15) is 0 Å². The van der Waals surface area contributed by atoms with Gasteiger partial charge in [-0.05, 0) is 47.0 Å². The van der Waals surface area contributed by atoms with Crippen molar-refractivity contribution >= 4 is 33.2 Å². The first-order valence-electron chi connectivity index (χ1n) is 3.24. The molecule has 0 heterocycles. The van der Waals surface area contributed by atoms with Gasteiger partial charge >= 0.3 is 0 Å². The third kappa shape index (κ3) is 1.52. The Bertz CT molecular complexity index is 270. The second-order valence-electron chi connectivity index (χ2n) is 2.54. The lowest BCUT2D eigenvalue weighted by Crippen LogP contribution is -1.92. The van der Waals surface area contributed by atoms with Crippen LogP contribution in [0.3, 0.4) is 0 Å². The fourth-order valence-electron chi connectivity index (χ4n) is 0.869. The summed E-state index contributed by atoms with van der Waals surface area (Å²) in [6.45, 7) is 3.87. The number of rotatable bonds is 0. The number of nitrogen functional groups attached to an aromatic ring is 1. The zero-order chi connectivity index (χ0) is 8.59. The standard InChI is InChI=1S/C8H9BrClN/c1-4-3-6(11)5(2)8(10)7(4)9/h3H,11H2,1-2H3. The van der Waals surface area contributed by atoms with Gasteiger partial charge in [-0.15, -0.1) is 0 Å². The number of halogens is 2. The number of hydrogen-bond acceptors (Lipinski definition) is 1. The molecule has 0 fully saturated rings. The minimum absolute atomic E-state index is 0.711. The van der Waals surface area contributed by atoms with Crippen molar-refractivity contribution in [3.05, 3.63) is 26.7 Å². The third-order valence-electron chi connectivity index (χ3n) is 1.67. The maximum absolute atomic E-state index is 5.96. The van der Waals surface area contributed by atoms with Gasteiger partial charge in [0.05, 0.1) is 5.02 Å². The molecule has 1 rings (SSSR count). The largest absolute Gasteiger partial charge is 0.398 e. The van der Waals surface area contributed by atoms with Crippen molar-refractivity contribution in [2.75, 3.05) is 5.73 Å². The Labute approximate surface area is 79.7 Å². The van der Waals surface area contributed by atoms with Gasteiger partial charge in [0.2, 0.25) is 0 Å². The van der Waals surface area contributed by atoms with E-state index in [1.54, 1.807) is 0 Å². The predicted molar refractivity (Wildman–Crippen MR) is 53.0 cm³/mol. The lowest BCUT2D eigenvalue weighted by atomic mass is 10.1. The van der Waals surface area contributed by atoms with Gasteiger partial charge in [-0.3, -0.25) is 0 Å². The van der Waals surface area contributed by atoms with Gasteiger partial charge in [0, 0.05) is 10.2 Å². The van der Waals surface area contributed by atoms with Gasteiger partial charge < -0.3 is 5.73 Å². The van der Waals surface area contributed by atoms with E-state index >= 15 is 0 Å². The van der Waals surface area contributed by atoms with Gasteiger partial charge in [0.15, 0.2) is 0 Å². The maximum Gasteiger partial charge on any atom is 0.0600 e. The molecule has 11 heavy (non-hydrogen) atoms. The second kappa shape index (κ2) is 3.03. The Morgan fingerprint density at radius 2 is 2.00 bits per heavy atom. The van der Waals surface area contributed by atoms with Gasteiger partial charge in [-0.25, -0.2) is 0 Å². The molecule has 0 saturated carbocycles. The smallest absolute Gasteiger partial charge is 0.0600 e. The molecular weight excluding hydrogens is 225 g/mol. The zero-order valence-electron chi connectivity index (χ0n) is 6.41. The fourth-order valence-corrected chi connectivity index (χ4v) is 1.54. The van der Waals surface area contributed by atoms with Crippen molar-refractivity contribution in [2.45, 2.75) is 13.8 Å². The van der Waals surface area contributed by atoms with E-state index in [1.165, 1.54) is 0 Å². The van der Waals surface area contributed by atoms with Crippen molar-refractivity contribution in [1.82, 2.24) is 0 Å². The van der Waals surface area contributed by atoms with Crippen LogP contribution in [0.25, 0.3) is 0 Å². The van der Waals surface area contributed by atoms with Crippen molar-refractivity contribution in [2.24, 2.45) is 0 Å². The lowest BCUT2D eigenvalue weighted by molar-refractivity contribution is 1.37. The molecule has 0 radical (unpaired) electrons. The normalized spacial score (nSPS) is 10.2. The van der Waals surface area contributed by atoms with Crippen LogP contribution in [0, 0.1) is 13.8 Å². The molecule has 0 bridgehead atoms. The van der Waals surface area contributed by atoms with E-state index in [0.717, 1.165) is 21.3 Å². The number of anilines is 1. The molecule has 1 aromatic carbocycles. The molecule has 0 saturated heterocycles. The van der Waals surface area contributed by atoms with Crippen molar-refractivity contribution in [3.63, 3.8) is 0 Å². The fraction of sp³-hybridized carbons (Fsp3) is 0.250. The summed E-state index contributed by atoms with van der Waals surface area (Å²) in [6.07, 6.45) is 0. The Morgan fingerprint density at radius 3 is 2.55 bits per heavy atom. The van der Waals surface area contributed by atoms with Gasteiger partial charge in [-0.1, -0.05) is 11.6 Å². The summed E-state index contributed by atoms with van der Waals surface area (Å²) in [5, 5.41) is 0.711. The average Bonchev–Trinajstić information content (AvgIpc) is 1.97. The van der Waals surface area contributed by atoms with Crippen LogP contribution in [-0.2, 0) is 0 Å². The minimum atomic E-state index is 0.711. The van der Waals surface area contributed by atoms with Crippen LogP contribution >= 0.6 is 27.5 Å². The Hall–Kier alpha value is -0.210. The maximum atomic E-state index is 5.96. The number of hydrogen-bond donors (Lipinski definition) is 1. The number of aryl methyl sites for hydroxylation is 1. The second-order valence-corrected chi connectivity index (χ2v) is 3.71. The highest BCUT2D eigenvalue weighted by molar-refractivity contribution is 9.10.